The van der Waals surface area contributed by atoms with E-state index in [1.807, 2.05) is 91.0 Å². The Hall–Kier alpha value is -5.69. The summed E-state index contributed by atoms with van der Waals surface area (Å²) >= 11 is 0. The van der Waals surface area contributed by atoms with Gasteiger partial charge in [-0.3, -0.25) is 4.79 Å². The molecule has 1 aromatic heterocycles. The summed E-state index contributed by atoms with van der Waals surface area (Å²) in [6.45, 7) is 0.122. The zero-order chi connectivity index (χ0) is 29.4. The molecule has 0 saturated heterocycles. The minimum absolute atomic E-state index is 0.000488. The first-order valence-electron chi connectivity index (χ1n) is 13.7. The molecule has 0 atom stereocenters. The Kier molecular flexibility index (Phi) is 6.47. The Bertz CT molecular complexity index is 1950. The molecule has 7 nitrogen and oxygen atoms in total. The third-order valence-corrected chi connectivity index (χ3v) is 7.39. The van der Waals surface area contributed by atoms with Gasteiger partial charge in [-0.2, -0.15) is 0 Å². The lowest BCUT2D eigenvalue weighted by molar-refractivity contribution is -0.0459. The van der Waals surface area contributed by atoms with Gasteiger partial charge in [0, 0.05) is 28.8 Å². The quantitative estimate of drug-likeness (QED) is 0.214. The Morgan fingerprint density at radius 2 is 1.37 bits per heavy atom. The molecule has 0 fully saturated rings. The Morgan fingerprint density at radius 3 is 2.02 bits per heavy atom. The first-order valence-corrected chi connectivity index (χ1v) is 13.7. The van der Waals surface area contributed by atoms with Crippen LogP contribution in [0.3, 0.4) is 0 Å². The highest BCUT2D eigenvalue weighted by Crippen LogP contribution is 2.49. The highest BCUT2D eigenvalue weighted by atomic mass is 16.7. The van der Waals surface area contributed by atoms with Crippen molar-refractivity contribution in [3.05, 3.63) is 148 Å². The second-order valence-electron chi connectivity index (χ2n) is 10.1. The summed E-state index contributed by atoms with van der Waals surface area (Å²) in [5.74, 6) is 0.0247. The van der Waals surface area contributed by atoms with E-state index < -0.39 is 11.2 Å². The van der Waals surface area contributed by atoms with Gasteiger partial charge >= 0.3 is 5.79 Å². The lowest BCUT2D eigenvalue weighted by Crippen LogP contribution is -2.36. The van der Waals surface area contributed by atoms with Crippen LogP contribution in [0.2, 0.25) is 0 Å². The van der Waals surface area contributed by atoms with E-state index in [0.717, 1.165) is 16.7 Å². The number of hydrogen-bond donors (Lipinski definition) is 1. The van der Waals surface area contributed by atoms with Crippen LogP contribution < -0.4 is 24.4 Å². The third kappa shape index (κ3) is 4.61. The van der Waals surface area contributed by atoms with Crippen molar-refractivity contribution in [3.63, 3.8) is 0 Å². The molecule has 43 heavy (non-hydrogen) atoms. The molecule has 0 spiro atoms. The van der Waals surface area contributed by atoms with Gasteiger partial charge in [-0.15, -0.1) is 0 Å². The van der Waals surface area contributed by atoms with Crippen molar-refractivity contribution in [2.75, 3.05) is 7.11 Å². The predicted molar refractivity (Wildman–Crippen MR) is 162 cm³/mol. The smallest absolute Gasteiger partial charge is 0.305 e. The van der Waals surface area contributed by atoms with Gasteiger partial charge in [0.05, 0.1) is 7.11 Å². The summed E-state index contributed by atoms with van der Waals surface area (Å²) in [5, 5.41) is 10.7. The summed E-state index contributed by atoms with van der Waals surface area (Å²) in [7, 11) is 1.47. The van der Waals surface area contributed by atoms with Crippen molar-refractivity contribution in [3.8, 4) is 40.1 Å². The number of hydrogen-bond acceptors (Lipinski definition) is 7. The number of aromatic hydroxyl groups is 1. The number of fused-ring (bicyclic) bond motifs is 2. The van der Waals surface area contributed by atoms with E-state index in [4.69, 9.17) is 23.4 Å². The lowest BCUT2D eigenvalue weighted by atomic mass is 9.97. The number of phenols is 1. The Morgan fingerprint density at radius 1 is 0.744 bits per heavy atom. The maximum absolute atomic E-state index is 13.8. The van der Waals surface area contributed by atoms with Crippen LogP contribution in [0.4, 0.5) is 0 Å². The van der Waals surface area contributed by atoms with Gasteiger partial charge in [0.2, 0.25) is 11.2 Å². The average molecular weight is 571 g/mol. The van der Waals surface area contributed by atoms with Gasteiger partial charge in [-0.25, -0.2) is 0 Å². The number of rotatable bonds is 7. The highest BCUT2D eigenvalue weighted by molar-refractivity contribution is 5.88. The number of phenolic OH excluding ortho intramolecular Hbond substituents is 1. The molecular formula is C36H26O7. The average Bonchev–Trinajstić information content (AvgIpc) is 3.45. The molecule has 1 N–H and O–H groups in total. The number of benzene rings is 5. The van der Waals surface area contributed by atoms with Crippen LogP contribution in [0.1, 0.15) is 16.7 Å². The molecule has 0 radical (unpaired) electrons. The molecule has 212 valence electrons. The van der Waals surface area contributed by atoms with E-state index in [9.17, 15) is 9.90 Å². The van der Waals surface area contributed by atoms with Crippen molar-refractivity contribution in [2.45, 2.75) is 12.4 Å². The summed E-state index contributed by atoms with van der Waals surface area (Å²) in [6.07, 6.45) is 0. The van der Waals surface area contributed by atoms with Crippen LogP contribution in [0.15, 0.2) is 131 Å². The molecule has 1 aliphatic heterocycles. The monoisotopic (exact) mass is 570 g/mol. The summed E-state index contributed by atoms with van der Waals surface area (Å²) in [4.78, 5) is 13.8. The van der Waals surface area contributed by atoms with E-state index >= 15 is 0 Å². The fraction of sp³-hybridized carbons (Fsp3) is 0.0833. The minimum Gasteiger partial charge on any atom is -0.507 e. The molecule has 0 bridgehead atoms. The molecule has 0 unspecified atom stereocenters. The molecule has 0 aliphatic carbocycles. The van der Waals surface area contributed by atoms with E-state index in [2.05, 4.69) is 0 Å². The van der Waals surface area contributed by atoms with Gasteiger partial charge in [0.25, 0.3) is 0 Å². The maximum Gasteiger partial charge on any atom is 0.305 e. The van der Waals surface area contributed by atoms with E-state index in [1.54, 1.807) is 24.3 Å². The van der Waals surface area contributed by atoms with E-state index in [0.29, 0.717) is 22.8 Å². The van der Waals surface area contributed by atoms with Crippen molar-refractivity contribution < 1.29 is 28.5 Å². The molecule has 1 aliphatic rings. The van der Waals surface area contributed by atoms with Crippen molar-refractivity contribution >= 4 is 11.0 Å². The molecule has 7 heteroatoms. The fourth-order valence-electron chi connectivity index (χ4n) is 5.29. The molecule has 6 aromatic rings. The highest BCUT2D eigenvalue weighted by Gasteiger charge is 2.45. The Balaban J connectivity index is 1.36. The lowest BCUT2D eigenvalue weighted by Gasteiger charge is -2.28. The summed E-state index contributed by atoms with van der Waals surface area (Å²) < 4.78 is 30.9. The summed E-state index contributed by atoms with van der Waals surface area (Å²) in [5.41, 5.74) is 2.70. The maximum atomic E-state index is 13.8. The normalized spacial score (nSPS) is 13.1. The van der Waals surface area contributed by atoms with Crippen molar-refractivity contribution in [1.29, 1.82) is 0 Å². The second-order valence-corrected chi connectivity index (χ2v) is 10.1. The first-order chi connectivity index (χ1) is 21.1. The minimum atomic E-state index is -1.21. The van der Waals surface area contributed by atoms with Crippen LogP contribution in [0.5, 0.6) is 28.7 Å². The molecule has 7 rings (SSSR count). The number of ether oxygens (including phenoxy) is 4. The predicted octanol–water partition coefficient (Wildman–Crippen LogP) is 7.43. The van der Waals surface area contributed by atoms with Crippen LogP contribution in [0, 0.1) is 0 Å². The van der Waals surface area contributed by atoms with Crippen molar-refractivity contribution in [2.24, 2.45) is 0 Å². The zero-order valence-electron chi connectivity index (χ0n) is 23.2. The molecular weight excluding hydrogens is 544 g/mol. The third-order valence-electron chi connectivity index (χ3n) is 7.39. The topological polar surface area (TPSA) is 87.4 Å². The molecule has 0 amide bonds. The molecule has 2 heterocycles. The van der Waals surface area contributed by atoms with Crippen molar-refractivity contribution in [1.82, 2.24) is 0 Å². The zero-order valence-corrected chi connectivity index (χ0v) is 23.2. The van der Waals surface area contributed by atoms with Gasteiger partial charge < -0.3 is 28.5 Å². The van der Waals surface area contributed by atoms with Crippen LogP contribution in [-0.2, 0) is 12.4 Å². The first kappa shape index (κ1) is 26.2. The Labute approximate surface area is 247 Å². The van der Waals surface area contributed by atoms with Crippen LogP contribution in [0.25, 0.3) is 22.3 Å². The van der Waals surface area contributed by atoms with Crippen LogP contribution >= 0.6 is 0 Å². The summed E-state index contributed by atoms with van der Waals surface area (Å²) in [6, 6.07) is 37.2. The SMILES string of the molecule is COc1cc(O)c2c(=O)c(OCc3ccccc3)c(-c3ccc4c(c3)OC(c3ccccc3)(c3ccccc3)O4)oc2c1. The second kappa shape index (κ2) is 10.6. The largest absolute Gasteiger partial charge is 0.507 e. The van der Waals surface area contributed by atoms with E-state index in [-0.39, 0.29) is 34.8 Å². The molecule has 5 aromatic carbocycles. The standard InChI is InChI=1S/C36H26O7/c1-39-27-20-28(37)32-31(21-27)41-34(35(33(32)38)40-22-23-11-5-2-6-12-23)24-17-18-29-30(19-24)43-36(42-29,25-13-7-3-8-14-25)26-15-9-4-10-16-26/h2-21,37H,22H2,1H3. The number of methoxy groups -OCH3 is 1. The van der Waals surface area contributed by atoms with Gasteiger partial charge in [-0.1, -0.05) is 91.0 Å². The van der Waals surface area contributed by atoms with Crippen LogP contribution in [-0.4, -0.2) is 12.2 Å². The van der Waals surface area contributed by atoms with Gasteiger partial charge in [0.15, 0.2) is 17.3 Å². The fourth-order valence-corrected chi connectivity index (χ4v) is 5.29. The van der Waals surface area contributed by atoms with Gasteiger partial charge in [0.1, 0.15) is 29.1 Å². The van der Waals surface area contributed by atoms with Gasteiger partial charge in [-0.05, 0) is 23.8 Å². The molecule has 0 saturated carbocycles. The van der Waals surface area contributed by atoms with E-state index in [1.165, 1.54) is 13.2 Å².